The van der Waals surface area contributed by atoms with Crippen molar-refractivity contribution in [2.45, 2.75) is 0 Å². The molecule has 3 heteroatoms. The Morgan fingerprint density at radius 2 is 0.571 bits per heavy atom. The Kier molecular flexibility index (Phi) is 25.2. The van der Waals surface area contributed by atoms with Gasteiger partial charge in [0.15, 0.2) is 0 Å². The van der Waals surface area contributed by atoms with E-state index in [1.54, 1.807) is 0 Å². The molecule has 14 heavy (non-hydrogen) atoms. The van der Waals surface area contributed by atoms with Gasteiger partial charge in [-0.3, -0.25) is 0 Å². The van der Waals surface area contributed by atoms with E-state index in [2.05, 4.69) is 40.0 Å². The van der Waals surface area contributed by atoms with Gasteiger partial charge >= 0.3 is 0 Å². The van der Waals surface area contributed by atoms with Gasteiger partial charge in [0.25, 0.3) is 0 Å². The Morgan fingerprint density at radius 3 is 0.643 bits per heavy atom. The normalized spacial score (nSPS) is 13.7. The van der Waals surface area contributed by atoms with Crippen LogP contribution in [0.25, 0.3) is 0 Å². The predicted octanol–water partition coefficient (Wildman–Crippen LogP) is 3.73. The van der Waals surface area contributed by atoms with Crippen LogP contribution in [0.4, 0.5) is 0 Å². The van der Waals surface area contributed by atoms with Crippen LogP contribution in [0.15, 0.2) is 0 Å². The quantitative estimate of drug-likeness (QED) is 0.471. The van der Waals surface area contributed by atoms with Crippen molar-refractivity contribution in [2.75, 3.05) is 40.0 Å². The first-order valence-corrected chi connectivity index (χ1v) is 9.72. The first kappa shape index (κ1) is 20.8. The van der Waals surface area contributed by atoms with E-state index in [0.29, 0.717) is 15.8 Å². The van der Waals surface area contributed by atoms with Crippen LogP contribution in [0.3, 0.4) is 0 Å². The molecule has 0 aromatic heterocycles. The monoisotopic (exact) mass is 320 g/mol. The van der Waals surface area contributed by atoms with Crippen molar-refractivity contribution in [3.05, 3.63) is 32.1 Å². The molecule has 0 unspecified atom stereocenters. The zero-order chi connectivity index (χ0) is 10.7. The van der Waals surface area contributed by atoms with E-state index in [1.165, 1.54) is 0 Å². The van der Waals surface area contributed by atoms with Gasteiger partial charge in [0, 0.05) is 19.5 Å². The van der Waals surface area contributed by atoms with Gasteiger partial charge in [0.05, 0.1) is 0 Å². The van der Waals surface area contributed by atoms with Crippen molar-refractivity contribution in [2.24, 2.45) is 0 Å². The smallest absolute Gasteiger partial charge is 0 e. The van der Waals surface area contributed by atoms with Crippen molar-refractivity contribution < 1.29 is 19.5 Å². The van der Waals surface area contributed by atoms with Crippen molar-refractivity contribution in [1.82, 2.24) is 0 Å². The maximum atomic E-state index is 2.23. The van der Waals surface area contributed by atoms with E-state index in [4.69, 9.17) is 0 Å². The summed E-state index contributed by atoms with van der Waals surface area (Å²) in [4.78, 5) is 0. The third-order valence-corrected chi connectivity index (χ3v) is 0.556. The van der Waals surface area contributed by atoms with Gasteiger partial charge in [0.2, 0.25) is 0 Å². The molecule has 6 radical (unpaired) electrons. The summed E-state index contributed by atoms with van der Waals surface area (Å²) in [5.74, 6) is 0. The molecule has 0 spiro atoms. The second-order valence-corrected chi connectivity index (χ2v) is 9.01. The fourth-order valence-corrected chi connectivity index (χ4v) is 0.321. The summed E-state index contributed by atoms with van der Waals surface area (Å²) in [5.41, 5.74) is 0. The molecule has 0 amide bonds. The molecule has 0 heterocycles. The van der Waals surface area contributed by atoms with Gasteiger partial charge < -0.3 is 0 Å². The molecule has 86 valence electrons. The van der Waals surface area contributed by atoms with E-state index in [0.717, 1.165) is 0 Å². The fourth-order valence-electron chi connectivity index (χ4n) is 0.321. The summed E-state index contributed by atoms with van der Waals surface area (Å²) in [6, 6.07) is 0. The molecular weight excluding hydrogens is 297 g/mol. The Bertz CT molecular complexity index is 62.2. The van der Waals surface area contributed by atoms with Crippen LogP contribution in [-0.4, -0.2) is 40.0 Å². The topological polar surface area (TPSA) is 0 Å². The summed E-state index contributed by atoms with van der Waals surface area (Å²) >= 11 is 0. The van der Waals surface area contributed by atoms with Crippen molar-refractivity contribution >= 4 is 15.8 Å². The minimum atomic E-state index is 0. The molecule has 0 saturated heterocycles. The molecule has 0 aromatic rings. The van der Waals surface area contributed by atoms with Gasteiger partial charge in [-0.05, 0) is 72.1 Å². The fraction of sp³-hybridized carbons (Fsp3) is 0.545. The maximum Gasteiger partial charge on any atom is 0 e. The van der Waals surface area contributed by atoms with E-state index in [9.17, 15) is 0 Å². The Balaban J connectivity index is -0.000000127. The summed E-state index contributed by atoms with van der Waals surface area (Å²) in [6.45, 7) is 13.4. The van der Waals surface area contributed by atoms with E-state index in [1.807, 2.05) is 32.1 Å². The minimum Gasteiger partial charge on any atom is -0.116 e. The molecular formula is C11H23P2Rh. The predicted molar refractivity (Wildman–Crippen MR) is 70.9 cm³/mol. The Hall–Kier alpha value is 1.48. The van der Waals surface area contributed by atoms with Crippen molar-refractivity contribution in [1.29, 1.82) is 0 Å². The maximum absolute atomic E-state index is 2.23. The second kappa shape index (κ2) is 16.9. The molecule has 1 aliphatic rings. The van der Waals surface area contributed by atoms with Gasteiger partial charge in [-0.1, -0.05) is 0 Å². The SMILES string of the molecule is CP(C)C.CP(C)C.[CH]1[CH][CH][CH][CH]1.[Rh]. The minimum absolute atomic E-state index is 0. The van der Waals surface area contributed by atoms with Crippen LogP contribution in [-0.2, 0) is 19.5 Å². The van der Waals surface area contributed by atoms with Crippen LogP contribution < -0.4 is 0 Å². The first-order chi connectivity index (χ1) is 5.96. The largest absolute Gasteiger partial charge is 0.116 e. The second-order valence-electron chi connectivity index (χ2n) is 3.65. The summed E-state index contributed by atoms with van der Waals surface area (Å²) < 4.78 is 0. The van der Waals surface area contributed by atoms with Crippen LogP contribution in [0.2, 0.25) is 0 Å². The van der Waals surface area contributed by atoms with E-state index < -0.39 is 0 Å². The average Bonchev–Trinajstić information content (AvgIpc) is 2.35. The zero-order valence-electron chi connectivity index (χ0n) is 10.1. The first-order valence-electron chi connectivity index (χ1n) is 4.35. The average molecular weight is 320 g/mol. The summed E-state index contributed by atoms with van der Waals surface area (Å²) in [7, 11) is 0.759. The molecule has 0 N–H and O–H groups in total. The number of hydrogen-bond acceptors (Lipinski definition) is 0. The Labute approximate surface area is 107 Å². The molecule has 0 aromatic carbocycles. The number of rotatable bonds is 0. The van der Waals surface area contributed by atoms with Gasteiger partial charge in [0.1, 0.15) is 0 Å². The summed E-state index contributed by atoms with van der Waals surface area (Å²) in [5, 5.41) is 0. The van der Waals surface area contributed by atoms with Crippen LogP contribution >= 0.6 is 15.8 Å². The molecule has 1 aliphatic carbocycles. The molecule has 1 saturated carbocycles. The zero-order valence-corrected chi connectivity index (χ0v) is 13.5. The molecule has 1 fully saturated rings. The van der Waals surface area contributed by atoms with Crippen molar-refractivity contribution in [3.63, 3.8) is 0 Å². The van der Waals surface area contributed by atoms with Gasteiger partial charge in [-0.15, -0.1) is 15.8 Å². The standard InChI is InChI=1S/C5H5.2C3H9P.Rh/c1-2-4-5-3-1;2*1-4(2)3;/h1-5H;2*1-3H3;. The van der Waals surface area contributed by atoms with Crippen molar-refractivity contribution in [3.8, 4) is 0 Å². The molecule has 1 rings (SSSR count). The number of hydrogen-bond donors (Lipinski definition) is 0. The van der Waals surface area contributed by atoms with Crippen LogP contribution in [0, 0.1) is 32.1 Å². The third kappa shape index (κ3) is 50.0. The molecule has 0 aliphatic heterocycles. The Morgan fingerprint density at radius 1 is 0.500 bits per heavy atom. The van der Waals surface area contributed by atoms with Gasteiger partial charge in [-0.25, -0.2) is 0 Å². The molecule has 0 nitrogen and oxygen atoms in total. The van der Waals surface area contributed by atoms with E-state index >= 15 is 0 Å². The van der Waals surface area contributed by atoms with Gasteiger partial charge in [-0.2, -0.15) is 0 Å². The van der Waals surface area contributed by atoms with Crippen LogP contribution in [0.5, 0.6) is 0 Å². The molecule has 0 atom stereocenters. The third-order valence-electron chi connectivity index (χ3n) is 0.556. The summed E-state index contributed by atoms with van der Waals surface area (Å²) in [6.07, 6.45) is 10.0. The molecule has 0 bridgehead atoms. The van der Waals surface area contributed by atoms with Crippen LogP contribution in [0.1, 0.15) is 0 Å². The van der Waals surface area contributed by atoms with E-state index in [-0.39, 0.29) is 19.5 Å².